The number of anilines is 1. The van der Waals surface area contributed by atoms with Gasteiger partial charge in [0.15, 0.2) is 4.34 Å². The van der Waals surface area contributed by atoms with Gasteiger partial charge < -0.3 is 5.32 Å². The first-order valence-electron chi connectivity index (χ1n) is 5.89. The second-order valence-electron chi connectivity index (χ2n) is 4.20. The maximum absolute atomic E-state index is 12.0. The SMILES string of the molecule is Cc1ccc(NC(=O)C(C)Sc2nnc(C)s2)cc1. The van der Waals surface area contributed by atoms with E-state index in [-0.39, 0.29) is 11.2 Å². The van der Waals surface area contributed by atoms with Crippen LogP contribution in [-0.4, -0.2) is 21.4 Å². The van der Waals surface area contributed by atoms with Gasteiger partial charge in [0.1, 0.15) is 5.01 Å². The second-order valence-corrected chi connectivity index (χ2v) is 6.97. The quantitative estimate of drug-likeness (QED) is 0.879. The number of thioether (sulfide) groups is 1. The lowest BCUT2D eigenvalue weighted by molar-refractivity contribution is -0.115. The minimum absolute atomic E-state index is 0.0262. The number of rotatable bonds is 4. The summed E-state index contributed by atoms with van der Waals surface area (Å²) in [6.45, 7) is 5.78. The molecule has 0 saturated heterocycles. The lowest BCUT2D eigenvalue weighted by Gasteiger charge is -2.10. The van der Waals surface area contributed by atoms with Crippen LogP contribution in [0.4, 0.5) is 5.69 Å². The normalized spacial score (nSPS) is 12.2. The number of carbonyl (C=O) groups is 1. The van der Waals surface area contributed by atoms with Crippen molar-refractivity contribution < 1.29 is 4.79 Å². The van der Waals surface area contributed by atoms with Crippen LogP contribution in [0.5, 0.6) is 0 Å². The largest absolute Gasteiger partial charge is 0.325 e. The molecule has 0 aliphatic rings. The van der Waals surface area contributed by atoms with E-state index in [1.807, 2.05) is 45.0 Å². The van der Waals surface area contributed by atoms with E-state index in [2.05, 4.69) is 15.5 Å². The molecule has 4 nitrogen and oxygen atoms in total. The molecule has 0 aliphatic heterocycles. The standard InChI is InChI=1S/C13H15N3OS2/c1-8-4-6-11(7-5-8)14-12(17)9(2)18-13-16-15-10(3)19-13/h4-7,9H,1-3H3,(H,14,17). The summed E-state index contributed by atoms with van der Waals surface area (Å²) in [6.07, 6.45) is 0. The van der Waals surface area contributed by atoms with Crippen molar-refractivity contribution in [3.63, 3.8) is 0 Å². The van der Waals surface area contributed by atoms with E-state index >= 15 is 0 Å². The van der Waals surface area contributed by atoms with Crippen molar-refractivity contribution >= 4 is 34.7 Å². The van der Waals surface area contributed by atoms with E-state index in [9.17, 15) is 4.79 Å². The monoisotopic (exact) mass is 293 g/mol. The Balaban J connectivity index is 1.94. The van der Waals surface area contributed by atoms with Crippen molar-refractivity contribution in [3.8, 4) is 0 Å². The zero-order valence-corrected chi connectivity index (χ0v) is 12.6. The van der Waals surface area contributed by atoms with E-state index in [1.165, 1.54) is 28.7 Å². The first-order valence-corrected chi connectivity index (χ1v) is 7.58. The number of aromatic nitrogens is 2. The second kappa shape index (κ2) is 6.16. The molecule has 2 rings (SSSR count). The summed E-state index contributed by atoms with van der Waals surface area (Å²) in [5.74, 6) is -0.0262. The van der Waals surface area contributed by atoms with Gasteiger partial charge in [-0.25, -0.2) is 0 Å². The van der Waals surface area contributed by atoms with E-state index < -0.39 is 0 Å². The maximum Gasteiger partial charge on any atom is 0.237 e. The summed E-state index contributed by atoms with van der Waals surface area (Å²) < 4.78 is 0.823. The Morgan fingerprint density at radius 2 is 1.95 bits per heavy atom. The van der Waals surface area contributed by atoms with Gasteiger partial charge in [-0.05, 0) is 32.9 Å². The van der Waals surface area contributed by atoms with Crippen molar-refractivity contribution in [1.82, 2.24) is 10.2 Å². The van der Waals surface area contributed by atoms with Gasteiger partial charge in [0.05, 0.1) is 5.25 Å². The zero-order chi connectivity index (χ0) is 13.8. The number of hydrogen-bond donors (Lipinski definition) is 1. The van der Waals surface area contributed by atoms with Crippen LogP contribution < -0.4 is 5.32 Å². The zero-order valence-electron chi connectivity index (χ0n) is 11.0. The van der Waals surface area contributed by atoms with Gasteiger partial charge >= 0.3 is 0 Å². The van der Waals surface area contributed by atoms with Crippen LogP contribution in [0.2, 0.25) is 0 Å². The molecular weight excluding hydrogens is 278 g/mol. The number of carbonyl (C=O) groups excluding carboxylic acids is 1. The Morgan fingerprint density at radius 1 is 1.26 bits per heavy atom. The fourth-order valence-corrected chi connectivity index (χ4v) is 3.37. The molecule has 0 aliphatic carbocycles. The third-order valence-corrected chi connectivity index (χ3v) is 4.50. The first kappa shape index (κ1) is 14.0. The molecule has 0 saturated carbocycles. The van der Waals surface area contributed by atoms with Crippen molar-refractivity contribution in [2.75, 3.05) is 5.32 Å². The number of nitrogens with one attached hydrogen (secondary N) is 1. The molecule has 1 aromatic heterocycles. The number of nitrogens with zero attached hydrogens (tertiary/aromatic N) is 2. The smallest absolute Gasteiger partial charge is 0.237 e. The van der Waals surface area contributed by atoms with Crippen LogP contribution in [-0.2, 0) is 4.79 Å². The average molecular weight is 293 g/mol. The molecule has 0 bridgehead atoms. The van der Waals surface area contributed by atoms with Crippen LogP contribution in [0.15, 0.2) is 28.6 Å². The molecule has 1 heterocycles. The van der Waals surface area contributed by atoms with Crippen LogP contribution in [0.1, 0.15) is 17.5 Å². The van der Waals surface area contributed by atoms with Crippen LogP contribution in [0.3, 0.4) is 0 Å². The molecule has 1 unspecified atom stereocenters. The summed E-state index contributed by atoms with van der Waals surface area (Å²) in [5, 5.41) is 11.6. The fourth-order valence-electron chi connectivity index (χ4n) is 1.41. The Labute approximate surface area is 120 Å². The number of amides is 1. The Hall–Kier alpha value is -1.40. The highest BCUT2D eigenvalue weighted by Crippen LogP contribution is 2.26. The van der Waals surface area contributed by atoms with Gasteiger partial charge in [0.2, 0.25) is 5.91 Å². The highest BCUT2D eigenvalue weighted by atomic mass is 32.2. The summed E-state index contributed by atoms with van der Waals surface area (Å²) in [7, 11) is 0. The van der Waals surface area contributed by atoms with Crippen molar-refractivity contribution in [2.45, 2.75) is 30.4 Å². The average Bonchev–Trinajstić information content (AvgIpc) is 2.77. The Morgan fingerprint density at radius 3 is 2.53 bits per heavy atom. The van der Waals surface area contributed by atoms with Crippen LogP contribution >= 0.6 is 23.1 Å². The molecule has 6 heteroatoms. The minimum atomic E-state index is -0.200. The van der Waals surface area contributed by atoms with Gasteiger partial charge in [-0.1, -0.05) is 40.8 Å². The molecule has 19 heavy (non-hydrogen) atoms. The van der Waals surface area contributed by atoms with Crippen LogP contribution in [0.25, 0.3) is 0 Å². The molecule has 1 atom stereocenters. The van der Waals surface area contributed by atoms with E-state index in [4.69, 9.17) is 0 Å². The van der Waals surface area contributed by atoms with Gasteiger partial charge in [-0.15, -0.1) is 10.2 Å². The van der Waals surface area contributed by atoms with Crippen molar-refractivity contribution in [3.05, 3.63) is 34.8 Å². The third kappa shape index (κ3) is 4.04. The lowest BCUT2D eigenvalue weighted by atomic mass is 10.2. The van der Waals surface area contributed by atoms with E-state index in [0.29, 0.717) is 0 Å². The summed E-state index contributed by atoms with van der Waals surface area (Å²) in [5.41, 5.74) is 1.99. The molecule has 1 N–H and O–H groups in total. The van der Waals surface area contributed by atoms with Gasteiger partial charge in [0.25, 0.3) is 0 Å². The topological polar surface area (TPSA) is 54.9 Å². The lowest BCUT2D eigenvalue weighted by Crippen LogP contribution is -2.22. The minimum Gasteiger partial charge on any atom is -0.325 e. The molecule has 1 aromatic carbocycles. The molecule has 1 amide bonds. The van der Waals surface area contributed by atoms with Gasteiger partial charge in [0, 0.05) is 5.69 Å². The fraction of sp³-hybridized carbons (Fsp3) is 0.308. The van der Waals surface area contributed by atoms with Crippen molar-refractivity contribution in [2.24, 2.45) is 0 Å². The highest BCUT2D eigenvalue weighted by molar-refractivity contribution is 8.02. The predicted octanol–water partition coefficient (Wildman–Crippen LogP) is 3.27. The Bertz CT molecular complexity index is 566. The number of benzene rings is 1. The maximum atomic E-state index is 12.0. The number of hydrogen-bond acceptors (Lipinski definition) is 5. The molecule has 0 radical (unpaired) electrons. The summed E-state index contributed by atoms with van der Waals surface area (Å²) in [4.78, 5) is 12.0. The van der Waals surface area contributed by atoms with Gasteiger partial charge in [-0.3, -0.25) is 4.79 Å². The summed E-state index contributed by atoms with van der Waals surface area (Å²) >= 11 is 2.93. The molecule has 2 aromatic rings. The molecular formula is C13H15N3OS2. The van der Waals surface area contributed by atoms with Crippen LogP contribution in [0, 0.1) is 13.8 Å². The summed E-state index contributed by atoms with van der Waals surface area (Å²) in [6, 6.07) is 7.75. The van der Waals surface area contributed by atoms with E-state index in [1.54, 1.807) is 0 Å². The Kier molecular flexibility index (Phi) is 4.55. The van der Waals surface area contributed by atoms with Gasteiger partial charge in [-0.2, -0.15) is 0 Å². The predicted molar refractivity (Wildman–Crippen MR) is 79.8 cm³/mol. The van der Waals surface area contributed by atoms with E-state index in [0.717, 1.165) is 15.0 Å². The molecule has 100 valence electrons. The third-order valence-electron chi connectivity index (χ3n) is 2.47. The molecule has 0 fully saturated rings. The highest BCUT2D eigenvalue weighted by Gasteiger charge is 2.16. The first-order chi connectivity index (χ1) is 9.04. The number of aryl methyl sites for hydroxylation is 2. The molecule has 0 spiro atoms. The van der Waals surface area contributed by atoms with Crippen molar-refractivity contribution in [1.29, 1.82) is 0 Å².